The maximum absolute atomic E-state index is 12.4. The van der Waals surface area contributed by atoms with Crippen LogP contribution in [0.5, 0.6) is 11.5 Å². The predicted octanol–water partition coefficient (Wildman–Crippen LogP) is 1.54. The van der Waals surface area contributed by atoms with Crippen LogP contribution < -0.4 is 14.8 Å². The summed E-state index contributed by atoms with van der Waals surface area (Å²) in [6, 6.07) is 5.20. The van der Waals surface area contributed by atoms with Gasteiger partial charge in [0.1, 0.15) is 5.82 Å². The van der Waals surface area contributed by atoms with Crippen LogP contribution in [0.2, 0.25) is 0 Å². The molecule has 0 saturated heterocycles. The molecule has 0 aliphatic carbocycles. The van der Waals surface area contributed by atoms with Crippen LogP contribution in [0.1, 0.15) is 16.2 Å². The van der Waals surface area contributed by atoms with Crippen LogP contribution in [0, 0.1) is 0 Å². The van der Waals surface area contributed by atoms with Crippen molar-refractivity contribution in [1.82, 2.24) is 20.1 Å². The molecule has 2 rings (SSSR count). The third kappa shape index (κ3) is 4.89. The zero-order chi connectivity index (χ0) is 18.9. The van der Waals surface area contributed by atoms with E-state index < -0.39 is 0 Å². The first-order valence-electron chi connectivity index (χ1n) is 8.11. The zero-order valence-electron chi connectivity index (χ0n) is 15.4. The number of methoxy groups -OCH3 is 3. The summed E-state index contributed by atoms with van der Waals surface area (Å²) in [5.74, 6) is 2.34. The number of thioether (sulfide) groups is 1. The first kappa shape index (κ1) is 20.1. The number of rotatable bonds is 10. The summed E-state index contributed by atoms with van der Waals surface area (Å²) in [6.07, 6.45) is 0.576. The molecule has 1 heterocycles. The first-order chi connectivity index (χ1) is 12.6. The van der Waals surface area contributed by atoms with Crippen molar-refractivity contribution in [1.29, 1.82) is 0 Å². The average molecular weight is 380 g/mol. The number of carbonyl (C=O) groups excluding carboxylic acids is 1. The zero-order valence-corrected chi connectivity index (χ0v) is 16.3. The number of amides is 1. The number of benzene rings is 1. The monoisotopic (exact) mass is 380 g/mol. The third-order valence-corrected chi connectivity index (χ3v) is 4.71. The highest BCUT2D eigenvalue weighted by Gasteiger charge is 2.16. The molecule has 0 radical (unpaired) electrons. The van der Waals surface area contributed by atoms with Crippen molar-refractivity contribution in [2.45, 2.75) is 11.6 Å². The number of aromatic nitrogens is 3. The van der Waals surface area contributed by atoms with Gasteiger partial charge in [-0.15, -0.1) is 10.2 Å². The summed E-state index contributed by atoms with van der Waals surface area (Å²) in [5.41, 5.74) is 0.431. The smallest absolute Gasteiger partial charge is 0.255 e. The number of nitrogens with one attached hydrogen (secondary N) is 1. The molecule has 0 fully saturated rings. The molecule has 1 N–H and O–H groups in total. The number of hydrogen-bond donors (Lipinski definition) is 1. The Kier molecular flexibility index (Phi) is 7.73. The van der Waals surface area contributed by atoms with Gasteiger partial charge in [-0.05, 0) is 12.1 Å². The van der Waals surface area contributed by atoms with Crippen molar-refractivity contribution in [2.24, 2.45) is 7.05 Å². The molecule has 0 bridgehead atoms. The van der Waals surface area contributed by atoms with Gasteiger partial charge in [0.2, 0.25) is 0 Å². The van der Waals surface area contributed by atoms with Gasteiger partial charge in [0.25, 0.3) is 5.91 Å². The standard InChI is InChI=1S/C17H24N4O4S/c1-21-14(19-20-17(21)26-11-10-23-2)8-9-18-16(22)12-6-5-7-13(24-3)15(12)25-4/h5-7H,8-11H2,1-4H3,(H,18,22). The van der Waals surface area contributed by atoms with E-state index >= 15 is 0 Å². The molecule has 2 aromatic rings. The van der Waals surface area contributed by atoms with Crippen molar-refractivity contribution in [3.63, 3.8) is 0 Å². The Labute approximate surface area is 157 Å². The van der Waals surface area contributed by atoms with Crippen LogP contribution in [0.3, 0.4) is 0 Å². The molecule has 1 aromatic carbocycles. The minimum Gasteiger partial charge on any atom is -0.493 e. The molecule has 26 heavy (non-hydrogen) atoms. The summed E-state index contributed by atoms with van der Waals surface area (Å²) in [6.45, 7) is 1.10. The van der Waals surface area contributed by atoms with Crippen molar-refractivity contribution in [3.05, 3.63) is 29.6 Å². The fourth-order valence-corrected chi connectivity index (χ4v) is 3.18. The molecule has 1 amide bonds. The van der Waals surface area contributed by atoms with Gasteiger partial charge in [-0.1, -0.05) is 17.8 Å². The van der Waals surface area contributed by atoms with E-state index in [1.165, 1.54) is 14.2 Å². The van der Waals surface area contributed by atoms with E-state index in [4.69, 9.17) is 14.2 Å². The predicted molar refractivity (Wildman–Crippen MR) is 99.2 cm³/mol. The molecular formula is C17H24N4O4S. The lowest BCUT2D eigenvalue weighted by Gasteiger charge is -2.12. The fraction of sp³-hybridized carbons (Fsp3) is 0.471. The maximum Gasteiger partial charge on any atom is 0.255 e. The number of carbonyl (C=O) groups is 1. The van der Waals surface area contributed by atoms with Crippen molar-refractivity contribution in [3.8, 4) is 11.5 Å². The Balaban J connectivity index is 1.93. The third-order valence-electron chi connectivity index (χ3n) is 3.73. The van der Waals surface area contributed by atoms with Gasteiger partial charge in [0, 0.05) is 32.9 Å². The molecular weight excluding hydrogens is 356 g/mol. The Morgan fingerprint density at radius 1 is 1.23 bits per heavy atom. The molecule has 0 aliphatic rings. The summed E-state index contributed by atoms with van der Waals surface area (Å²) in [5, 5.41) is 12.1. The van der Waals surface area contributed by atoms with Gasteiger partial charge < -0.3 is 24.1 Å². The second-order valence-corrected chi connectivity index (χ2v) is 6.41. The fourth-order valence-electron chi connectivity index (χ4n) is 2.35. The number of para-hydroxylation sites is 1. The summed E-state index contributed by atoms with van der Waals surface area (Å²) in [7, 11) is 6.63. The normalized spacial score (nSPS) is 10.6. The molecule has 0 aliphatic heterocycles. The number of nitrogens with zero attached hydrogens (tertiary/aromatic N) is 3. The molecule has 0 saturated carbocycles. The molecule has 0 spiro atoms. The van der Waals surface area contributed by atoms with E-state index in [-0.39, 0.29) is 5.91 Å². The average Bonchev–Trinajstić information content (AvgIpc) is 3.01. The lowest BCUT2D eigenvalue weighted by atomic mass is 10.1. The maximum atomic E-state index is 12.4. The van der Waals surface area contributed by atoms with Crippen molar-refractivity contribution < 1.29 is 19.0 Å². The van der Waals surface area contributed by atoms with Gasteiger partial charge in [-0.25, -0.2) is 0 Å². The quantitative estimate of drug-likeness (QED) is 0.494. The van der Waals surface area contributed by atoms with Crippen molar-refractivity contribution >= 4 is 17.7 Å². The summed E-state index contributed by atoms with van der Waals surface area (Å²) >= 11 is 1.58. The molecule has 9 heteroatoms. The van der Waals surface area contributed by atoms with Gasteiger partial charge in [-0.2, -0.15) is 0 Å². The van der Waals surface area contributed by atoms with E-state index in [0.717, 1.165) is 16.7 Å². The van der Waals surface area contributed by atoms with Gasteiger partial charge in [-0.3, -0.25) is 4.79 Å². The molecule has 8 nitrogen and oxygen atoms in total. The second-order valence-electron chi connectivity index (χ2n) is 5.35. The van der Waals surface area contributed by atoms with Crippen LogP contribution in [0.4, 0.5) is 0 Å². The van der Waals surface area contributed by atoms with Crippen molar-refractivity contribution in [2.75, 3.05) is 40.2 Å². The number of ether oxygens (including phenoxy) is 3. The SMILES string of the molecule is COCCSc1nnc(CCNC(=O)c2cccc(OC)c2OC)n1C. The highest BCUT2D eigenvalue weighted by Crippen LogP contribution is 2.30. The number of hydrogen-bond acceptors (Lipinski definition) is 7. The van der Waals surface area contributed by atoms with Crippen LogP contribution >= 0.6 is 11.8 Å². The molecule has 0 unspecified atom stereocenters. The second kappa shape index (κ2) is 10.0. The highest BCUT2D eigenvalue weighted by atomic mass is 32.2. The van der Waals surface area contributed by atoms with Crippen LogP contribution in [-0.2, 0) is 18.2 Å². The van der Waals surface area contributed by atoms with Gasteiger partial charge in [0.15, 0.2) is 16.7 Å². The Morgan fingerprint density at radius 3 is 2.73 bits per heavy atom. The van der Waals surface area contributed by atoms with E-state index in [9.17, 15) is 4.79 Å². The largest absolute Gasteiger partial charge is 0.493 e. The molecule has 1 aromatic heterocycles. The van der Waals surface area contributed by atoms with E-state index in [1.807, 2.05) is 11.6 Å². The molecule has 0 atom stereocenters. The van der Waals surface area contributed by atoms with Crippen LogP contribution in [0.25, 0.3) is 0 Å². The van der Waals surface area contributed by atoms with Gasteiger partial charge in [0.05, 0.1) is 26.4 Å². The van der Waals surface area contributed by atoms with Crippen LogP contribution in [0.15, 0.2) is 23.4 Å². The first-order valence-corrected chi connectivity index (χ1v) is 9.10. The topological polar surface area (TPSA) is 87.5 Å². The van der Waals surface area contributed by atoms with E-state index in [0.29, 0.717) is 36.6 Å². The Hall–Kier alpha value is -2.26. The Morgan fingerprint density at radius 2 is 2.04 bits per heavy atom. The highest BCUT2D eigenvalue weighted by molar-refractivity contribution is 7.99. The minimum atomic E-state index is -0.224. The Bertz CT molecular complexity index is 736. The summed E-state index contributed by atoms with van der Waals surface area (Å²) in [4.78, 5) is 12.4. The van der Waals surface area contributed by atoms with E-state index in [1.54, 1.807) is 37.1 Å². The lowest BCUT2D eigenvalue weighted by molar-refractivity contribution is 0.0950. The van der Waals surface area contributed by atoms with E-state index in [2.05, 4.69) is 15.5 Å². The molecule has 142 valence electrons. The van der Waals surface area contributed by atoms with Crippen LogP contribution in [-0.4, -0.2) is 60.9 Å². The lowest BCUT2D eigenvalue weighted by Crippen LogP contribution is -2.27. The van der Waals surface area contributed by atoms with Gasteiger partial charge >= 0.3 is 0 Å². The summed E-state index contributed by atoms with van der Waals surface area (Å²) < 4.78 is 17.5. The minimum absolute atomic E-state index is 0.224.